The van der Waals surface area contributed by atoms with Crippen molar-refractivity contribution in [1.82, 2.24) is 29.6 Å². The number of anilines is 1. The van der Waals surface area contributed by atoms with Gasteiger partial charge in [-0.1, -0.05) is 0 Å². The van der Waals surface area contributed by atoms with Crippen LogP contribution in [0.1, 0.15) is 97.3 Å². The van der Waals surface area contributed by atoms with Crippen LogP contribution in [0.2, 0.25) is 0 Å². The molecular formula is C38H51N7O7S. The van der Waals surface area contributed by atoms with Gasteiger partial charge in [-0.3, -0.25) is 4.68 Å². The van der Waals surface area contributed by atoms with Crippen LogP contribution >= 0.6 is 11.3 Å². The van der Waals surface area contributed by atoms with E-state index in [0.29, 0.717) is 34.9 Å². The highest BCUT2D eigenvalue weighted by Gasteiger charge is 2.36. The highest BCUT2D eigenvalue weighted by molar-refractivity contribution is 7.15. The van der Waals surface area contributed by atoms with Gasteiger partial charge in [0.15, 0.2) is 5.82 Å². The molecule has 1 fully saturated rings. The second kappa shape index (κ2) is 15.0. The minimum atomic E-state index is -0.957. The van der Waals surface area contributed by atoms with Crippen LogP contribution in [0.4, 0.5) is 20.2 Å². The van der Waals surface area contributed by atoms with E-state index in [0.717, 1.165) is 39.6 Å². The summed E-state index contributed by atoms with van der Waals surface area (Å²) in [7, 11) is 3.54. The second-order valence-electron chi connectivity index (χ2n) is 16.2. The van der Waals surface area contributed by atoms with Gasteiger partial charge in [0.2, 0.25) is 0 Å². The molecule has 3 amide bonds. The smallest absolute Gasteiger partial charge is 0.425 e. The molecule has 0 aliphatic carbocycles. The zero-order chi connectivity index (χ0) is 39.0. The van der Waals surface area contributed by atoms with Crippen LogP contribution in [0.5, 0.6) is 0 Å². The fourth-order valence-corrected chi connectivity index (χ4v) is 6.97. The average Bonchev–Trinajstić information content (AvgIpc) is 3.61. The van der Waals surface area contributed by atoms with Crippen molar-refractivity contribution < 1.29 is 33.3 Å². The molecule has 0 atom stereocenters. The Morgan fingerprint density at radius 2 is 1.45 bits per heavy atom. The quantitative estimate of drug-likeness (QED) is 0.175. The molecule has 14 nitrogen and oxygen atoms in total. The number of pyridine rings is 2. The predicted molar refractivity (Wildman–Crippen MR) is 203 cm³/mol. The standard InChI is InChI=1S/C38H51N7O7S/c1-22-25(20-40-44(22)12)27-14-13-24-26(19-39-31(29(24)41-27)45(34(47)51-37(5,6)7)35(48)52-38(8,9)10)32-42-28(21-43(11)33(46)50-36(2,3)4)30(53-32)23-15-17-49-18-16-23/h13-14,19-20,23H,15-18,21H2,1-12H3. The Hall–Kier alpha value is -4.63. The molecular weight excluding hydrogens is 699 g/mol. The number of aryl methyl sites for hydroxylation is 1. The zero-order valence-electron chi connectivity index (χ0n) is 32.8. The summed E-state index contributed by atoms with van der Waals surface area (Å²) in [5.41, 5.74) is 1.36. The summed E-state index contributed by atoms with van der Waals surface area (Å²) in [5, 5.41) is 5.64. The molecule has 5 heterocycles. The van der Waals surface area contributed by atoms with Gasteiger partial charge >= 0.3 is 18.3 Å². The molecule has 0 radical (unpaired) electrons. The monoisotopic (exact) mass is 749 g/mol. The molecule has 0 N–H and O–H groups in total. The lowest BCUT2D eigenvalue weighted by atomic mass is 9.97. The molecule has 53 heavy (non-hydrogen) atoms. The van der Waals surface area contributed by atoms with Crippen LogP contribution in [0.3, 0.4) is 0 Å². The summed E-state index contributed by atoms with van der Waals surface area (Å²) >= 11 is 1.53. The number of hydrogen-bond donors (Lipinski definition) is 0. The number of nitrogens with zero attached hydrogens (tertiary/aromatic N) is 7. The van der Waals surface area contributed by atoms with E-state index in [1.165, 1.54) is 16.2 Å². The molecule has 5 rings (SSSR count). The maximum absolute atomic E-state index is 13.8. The number of rotatable bonds is 6. The van der Waals surface area contributed by atoms with Gasteiger partial charge in [0.05, 0.1) is 24.1 Å². The summed E-state index contributed by atoms with van der Waals surface area (Å²) in [6.07, 6.45) is 2.58. The van der Waals surface area contributed by atoms with Crippen LogP contribution in [-0.4, -0.2) is 85.0 Å². The Kier molecular flexibility index (Phi) is 11.2. The second-order valence-corrected chi connectivity index (χ2v) is 17.2. The molecule has 0 spiro atoms. The number of carbonyl (C=O) groups is 3. The lowest BCUT2D eigenvalue weighted by Crippen LogP contribution is -2.44. The van der Waals surface area contributed by atoms with Crippen molar-refractivity contribution in [3.63, 3.8) is 0 Å². The third-order valence-corrected chi connectivity index (χ3v) is 9.52. The van der Waals surface area contributed by atoms with E-state index in [1.807, 2.05) is 46.9 Å². The number of imide groups is 1. The molecule has 1 aliphatic heterocycles. The SMILES string of the molecule is Cc1c(-c2ccc3c(-c4nc(CN(C)C(=O)OC(C)(C)C)c(C5CCOCC5)s4)cnc(N(C(=O)OC(C)(C)C)C(=O)OC(C)(C)C)c3n2)cnn1C. The first-order valence-electron chi connectivity index (χ1n) is 17.7. The highest BCUT2D eigenvalue weighted by Crippen LogP contribution is 2.42. The van der Waals surface area contributed by atoms with Crippen molar-refractivity contribution in [3.05, 3.63) is 40.8 Å². The minimum Gasteiger partial charge on any atom is -0.444 e. The van der Waals surface area contributed by atoms with Gasteiger partial charge in [-0.05, 0) is 100 Å². The van der Waals surface area contributed by atoms with E-state index in [4.69, 9.17) is 33.9 Å². The number of aromatic nitrogens is 5. The molecule has 0 saturated carbocycles. The van der Waals surface area contributed by atoms with Crippen molar-refractivity contribution >= 4 is 46.3 Å². The fourth-order valence-electron chi connectivity index (χ4n) is 5.70. The first-order valence-corrected chi connectivity index (χ1v) is 18.5. The average molecular weight is 750 g/mol. The summed E-state index contributed by atoms with van der Waals surface area (Å²) < 4.78 is 24.5. The Balaban J connectivity index is 1.71. The molecule has 0 aromatic carbocycles. The molecule has 4 aromatic heterocycles. The van der Waals surface area contributed by atoms with Gasteiger partial charge < -0.3 is 23.8 Å². The van der Waals surface area contributed by atoms with Gasteiger partial charge in [0.1, 0.15) is 27.3 Å². The summed E-state index contributed by atoms with van der Waals surface area (Å²) in [5.74, 6) is 0.130. The van der Waals surface area contributed by atoms with Gasteiger partial charge in [-0.25, -0.2) is 29.3 Å². The van der Waals surface area contributed by atoms with Crippen molar-refractivity contribution in [2.75, 3.05) is 25.2 Å². The number of carbonyl (C=O) groups excluding carboxylic acids is 3. The number of amides is 3. The minimum absolute atomic E-state index is 0.0539. The Labute approximate surface area is 314 Å². The van der Waals surface area contributed by atoms with Gasteiger partial charge in [-0.15, -0.1) is 11.3 Å². The van der Waals surface area contributed by atoms with Crippen LogP contribution in [0.15, 0.2) is 24.5 Å². The van der Waals surface area contributed by atoms with Crippen molar-refractivity contribution in [1.29, 1.82) is 0 Å². The van der Waals surface area contributed by atoms with E-state index in [1.54, 1.807) is 65.7 Å². The molecule has 0 bridgehead atoms. The topological polar surface area (TPSA) is 151 Å². The van der Waals surface area contributed by atoms with E-state index in [2.05, 4.69) is 5.10 Å². The predicted octanol–water partition coefficient (Wildman–Crippen LogP) is 8.40. The lowest BCUT2D eigenvalue weighted by molar-refractivity contribution is 0.0280. The maximum atomic E-state index is 13.8. The lowest BCUT2D eigenvalue weighted by Gasteiger charge is -2.28. The van der Waals surface area contributed by atoms with Crippen molar-refractivity contribution in [3.8, 4) is 21.8 Å². The summed E-state index contributed by atoms with van der Waals surface area (Å²) in [6.45, 7) is 19.2. The molecule has 1 aliphatic rings. The first-order chi connectivity index (χ1) is 24.6. The molecule has 15 heteroatoms. The Morgan fingerprint density at radius 3 is 2.00 bits per heavy atom. The summed E-state index contributed by atoms with van der Waals surface area (Å²) in [6, 6.07) is 3.75. The third kappa shape index (κ3) is 9.49. The van der Waals surface area contributed by atoms with Crippen LogP contribution < -0.4 is 4.90 Å². The van der Waals surface area contributed by atoms with Gasteiger partial charge in [0, 0.05) is 60.6 Å². The van der Waals surface area contributed by atoms with Crippen LogP contribution in [-0.2, 0) is 32.5 Å². The van der Waals surface area contributed by atoms with Crippen molar-refractivity contribution in [2.24, 2.45) is 7.05 Å². The van der Waals surface area contributed by atoms with Crippen LogP contribution in [0, 0.1) is 6.92 Å². The molecule has 4 aromatic rings. The zero-order valence-corrected chi connectivity index (χ0v) is 33.6. The van der Waals surface area contributed by atoms with Crippen LogP contribution in [0.25, 0.3) is 32.7 Å². The molecule has 286 valence electrons. The van der Waals surface area contributed by atoms with E-state index >= 15 is 0 Å². The van der Waals surface area contributed by atoms with Gasteiger partial charge in [-0.2, -0.15) is 10.00 Å². The first kappa shape index (κ1) is 39.6. The molecule has 0 unspecified atom stereocenters. The molecule has 1 saturated heterocycles. The largest absolute Gasteiger partial charge is 0.444 e. The fraction of sp³-hybridized carbons (Fsp3) is 0.553. The Bertz CT molecular complexity index is 1970. The van der Waals surface area contributed by atoms with E-state index in [-0.39, 0.29) is 23.8 Å². The summed E-state index contributed by atoms with van der Waals surface area (Å²) in [4.78, 5) is 58.9. The van der Waals surface area contributed by atoms with E-state index in [9.17, 15) is 14.4 Å². The number of hydrogen-bond acceptors (Lipinski definition) is 12. The van der Waals surface area contributed by atoms with Gasteiger partial charge in [0.25, 0.3) is 0 Å². The van der Waals surface area contributed by atoms with E-state index < -0.39 is 35.1 Å². The third-order valence-electron chi connectivity index (χ3n) is 8.23. The number of fused-ring (bicyclic) bond motifs is 1. The maximum Gasteiger partial charge on any atom is 0.425 e. The Morgan fingerprint density at radius 1 is 0.868 bits per heavy atom. The van der Waals surface area contributed by atoms with Crippen molar-refractivity contribution in [2.45, 2.75) is 111 Å². The number of ether oxygens (including phenoxy) is 4. The number of thiazole rings is 1. The highest BCUT2D eigenvalue weighted by atomic mass is 32.1. The normalized spacial score (nSPS) is 14.3.